The van der Waals surface area contributed by atoms with Crippen molar-refractivity contribution in [1.82, 2.24) is 4.57 Å². The van der Waals surface area contributed by atoms with Gasteiger partial charge in [0, 0.05) is 23.2 Å². The van der Waals surface area contributed by atoms with Crippen molar-refractivity contribution >= 4 is 28.5 Å². The third kappa shape index (κ3) is 2.15. The quantitative estimate of drug-likeness (QED) is 0.911. The van der Waals surface area contributed by atoms with Gasteiger partial charge in [-0.1, -0.05) is 17.7 Å². The summed E-state index contributed by atoms with van der Waals surface area (Å²) in [5.74, 6) is -0.773. The van der Waals surface area contributed by atoms with Gasteiger partial charge in [-0.3, -0.25) is 4.79 Å². The standard InChI is InChI=1S/C13H14ClNO2/c1-8-11(14)5-3-9-7-10(4-6-12(16)17)15(2)13(8)9/h3,5,7H,4,6H2,1-2H3,(H,16,17). The Morgan fingerprint density at radius 2 is 2.18 bits per heavy atom. The average molecular weight is 252 g/mol. The van der Waals surface area contributed by atoms with Gasteiger partial charge < -0.3 is 9.67 Å². The second-order valence-electron chi connectivity index (χ2n) is 4.20. The Morgan fingerprint density at radius 1 is 1.47 bits per heavy atom. The van der Waals surface area contributed by atoms with E-state index < -0.39 is 5.97 Å². The number of benzene rings is 1. The molecule has 0 saturated carbocycles. The number of hydrogen-bond acceptors (Lipinski definition) is 1. The van der Waals surface area contributed by atoms with Crippen LogP contribution in [-0.2, 0) is 18.3 Å². The van der Waals surface area contributed by atoms with Crippen molar-refractivity contribution in [2.24, 2.45) is 7.05 Å². The Morgan fingerprint density at radius 3 is 2.82 bits per heavy atom. The van der Waals surface area contributed by atoms with Crippen LogP contribution >= 0.6 is 11.6 Å². The summed E-state index contributed by atoms with van der Waals surface area (Å²) in [4.78, 5) is 10.6. The van der Waals surface area contributed by atoms with Crippen molar-refractivity contribution in [2.45, 2.75) is 19.8 Å². The lowest BCUT2D eigenvalue weighted by Crippen LogP contribution is -2.02. The van der Waals surface area contributed by atoms with Gasteiger partial charge in [-0.15, -0.1) is 0 Å². The monoisotopic (exact) mass is 251 g/mol. The van der Waals surface area contributed by atoms with E-state index in [-0.39, 0.29) is 6.42 Å². The molecule has 0 bridgehead atoms. The molecule has 2 rings (SSSR count). The molecule has 0 radical (unpaired) electrons. The fraction of sp³-hybridized carbons (Fsp3) is 0.308. The number of aromatic nitrogens is 1. The first-order chi connectivity index (χ1) is 8.00. The number of aryl methyl sites for hydroxylation is 3. The van der Waals surface area contributed by atoms with Crippen LogP contribution in [0.5, 0.6) is 0 Å². The molecule has 0 unspecified atom stereocenters. The highest BCUT2D eigenvalue weighted by molar-refractivity contribution is 6.32. The predicted molar refractivity (Wildman–Crippen MR) is 68.6 cm³/mol. The van der Waals surface area contributed by atoms with Gasteiger partial charge in [-0.05, 0) is 31.0 Å². The molecule has 0 amide bonds. The lowest BCUT2D eigenvalue weighted by Gasteiger charge is -2.06. The van der Waals surface area contributed by atoms with Crippen molar-refractivity contribution < 1.29 is 9.90 Å². The van der Waals surface area contributed by atoms with Crippen molar-refractivity contribution in [2.75, 3.05) is 0 Å². The second kappa shape index (κ2) is 4.41. The number of hydrogen-bond donors (Lipinski definition) is 1. The van der Waals surface area contributed by atoms with E-state index >= 15 is 0 Å². The van der Waals surface area contributed by atoms with E-state index in [2.05, 4.69) is 0 Å². The van der Waals surface area contributed by atoms with Crippen LogP contribution in [0.1, 0.15) is 17.7 Å². The largest absolute Gasteiger partial charge is 0.481 e. The molecule has 2 aromatic rings. The van der Waals surface area contributed by atoms with Crippen LogP contribution in [-0.4, -0.2) is 15.6 Å². The lowest BCUT2D eigenvalue weighted by atomic mass is 10.1. The third-order valence-electron chi connectivity index (χ3n) is 3.08. The Hall–Kier alpha value is -1.48. The van der Waals surface area contributed by atoms with Crippen LogP contribution in [0.4, 0.5) is 0 Å². The molecule has 0 aliphatic rings. The maximum atomic E-state index is 10.6. The summed E-state index contributed by atoms with van der Waals surface area (Å²) in [6.07, 6.45) is 0.689. The number of rotatable bonds is 3. The highest BCUT2D eigenvalue weighted by Crippen LogP contribution is 2.28. The predicted octanol–water partition coefficient (Wildman–Crippen LogP) is 3.16. The normalized spacial score (nSPS) is 11.0. The molecule has 1 aromatic carbocycles. The number of halogens is 1. The van der Waals surface area contributed by atoms with Gasteiger partial charge in [-0.2, -0.15) is 0 Å². The zero-order valence-corrected chi connectivity index (χ0v) is 10.6. The number of carbonyl (C=O) groups is 1. The van der Waals surface area contributed by atoms with E-state index in [0.29, 0.717) is 6.42 Å². The van der Waals surface area contributed by atoms with Gasteiger partial charge >= 0.3 is 5.97 Å². The van der Waals surface area contributed by atoms with Crippen LogP contribution in [0.25, 0.3) is 10.9 Å². The molecule has 1 heterocycles. The van der Waals surface area contributed by atoms with Crippen molar-refractivity contribution in [3.63, 3.8) is 0 Å². The topological polar surface area (TPSA) is 42.2 Å². The van der Waals surface area contributed by atoms with Gasteiger partial charge in [0.15, 0.2) is 0 Å². The van der Waals surface area contributed by atoms with Gasteiger partial charge in [0.25, 0.3) is 0 Å². The Kier molecular flexibility index (Phi) is 3.11. The molecule has 1 N–H and O–H groups in total. The number of aliphatic carboxylic acids is 1. The van der Waals surface area contributed by atoms with Gasteiger partial charge in [0.05, 0.1) is 11.9 Å². The summed E-state index contributed by atoms with van der Waals surface area (Å²) in [5.41, 5.74) is 3.14. The summed E-state index contributed by atoms with van der Waals surface area (Å²) in [6.45, 7) is 1.98. The van der Waals surface area contributed by atoms with E-state index in [9.17, 15) is 4.79 Å². The number of carboxylic acids is 1. The minimum atomic E-state index is -0.773. The number of fused-ring (bicyclic) bond motifs is 1. The minimum absolute atomic E-state index is 0.150. The smallest absolute Gasteiger partial charge is 0.303 e. The molecule has 4 heteroatoms. The Bertz CT molecular complexity index is 587. The molecular formula is C13H14ClNO2. The number of carboxylic acid groups (broad SMARTS) is 1. The first kappa shape index (κ1) is 12.0. The molecule has 17 heavy (non-hydrogen) atoms. The van der Waals surface area contributed by atoms with Crippen LogP contribution in [0.3, 0.4) is 0 Å². The lowest BCUT2D eigenvalue weighted by molar-refractivity contribution is -0.136. The van der Waals surface area contributed by atoms with Crippen LogP contribution in [0.2, 0.25) is 5.02 Å². The highest BCUT2D eigenvalue weighted by atomic mass is 35.5. The second-order valence-corrected chi connectivity index (χ2v) is 4.61. The molecule has 0 atom stereocenters. The average Bonchev–Trinajstić information content (AvgIpc) is 2.59. The fourth-order valence-electron chi connectivity index (χ4n) is 2.15. The molecule has 0 fully saturated rings. The van der Waals surface area contributed by atoms with Crippen molar-refractivity contribution in [1.29, 1.82) is 0 Å². The first-order valence-electron chi connectivity index (χ1n) is 5.46. The summed E-state index contributed by atoms with van der Waals surface area (Å²) in [6, 6.07) is 5.87. The summed E-state index contributed by atoms with van der Waals surface area (Å²) < 4.78 is 2.03. The van der Waals surface area contributed by atoms with Gasteiger partial charge in [0.2, 0.25) is 0 Å². The minimum Gasteiger partial charge on any atom is -0.481 e. The van der Waals surface area contributed by atoms with Crippen molar-refractivity contribution in [3.05, 3.63) is 34.5 Å². The molecule has 0 saturated heterocycles. The van der Waals surface area contributed by atoms with Crippen LogP contribution in [0.15, 0.2) is 18.2 Å². The molecule has 0 spiro atoms. The summed E-state index contributed by atoms with van der Waals surface area (Å²) >= 11 is 6.09. The molecule has 90 valence electrons. The third-order valence-corrected chi connectivity index (χ3v) is 3.49. The van der Waals surface area contributed by atoms with Gasteiger partial charge in [-0.25, -0.2) is 0 Å². The van der Waals surface area contributed by atoms with E-state index in [1.807, 2.05) is 36.7 Å². The summed E-state index contributed by atoms with van der Waals surface area (Å²) in [5, 5.41) is 10.6. The van der Waals surface area contributed by atoms with Crippen molar-refractivity contribution in [3.8, 4) is 0 Å². The molecule has 3 nitrogen and oxygen atoms in total. The molecular weight excluding hydrogens is 238 g/mol. The van der Waals surface area contributed by atoms with E-state index in [0.717, 1.165) is 27.2 Å². The maximum Gasteiger partial charge on any atom is 0.303 e. The molecule has 0 aliphatic heterocycles. The fourth-order valence-corrected chi connectivity index (χ4v) is 2.31. The zero-order chi connectivity index (χ0) is 12.6. The van der Waals surface area contributed by atoms with Gasteiger partial charge in [0.1, 0.15) is 0 Å². The van der Waals surface area contributed by atoms with E-state index in [4.69, 9.17) is 16.7 Å². The first-order valence-corrected chi connectivity index (χ1v) is 5.83. The molecule has 0 aliphatic carbocycles. The highest BCUT2D eigenvalue weighted by Gasteiger charge is 2.10. The van der Waals surface area contributed by atoms with E-state index in [1.54, 1.807) is 0 Å². The zero-order valence-electron chi connectivity index (χ0n) is 9.83. The maximum absolute atomic E-state index is 10.6. The molecule has 1 aromatic heterocycles. The Labute approximate surface area is 105 Å². The Balaban J connectivity index is 2.50. The SMILES string of the molecule is Cc1c(Cl)ccc2cc(CCC(=O)O)n(C)c12. The van der Waals surface area contributed by atoms with Crippen LogP contribution < -0.4 is 0 Å². The summed E-state index contributed by atoms with van der Waals surface area (Å²) in [7, 11) is 1.95. The van der Waals surface area contributed by atoms with E-state index in [1.165, 1.54) is 0 Å². The number of nitrogens with zero attached hydrogens (tertiary/aromatic N) is 1. The van der Waals surface area contributed by atoms with Crippen LogP contribution in [0, 0.1) is 6.92 Å².